The summed E-state index contributed by atoms with van der Waals surface area (Å²) in [5.74, 6) is 2.99. The minimum Gasteiger partial charge on any atom is -0.337 e. The van der Waals surface area contributed by atoms with Gasteiger partial charge in [-0.15, -0.1) is 23.5 Å². The van der Waals surface area contributed by atoms with Gasteiger partial charge in [-0.1, -0.05) is 0 Å². The topological polar surface area (TPSA) is 20.3 Å². The van der Waals surface area contributed by atoms with Crippen molar-refractivity contribution in [1.82, 2.24) is 4.90 Å². The molecule has 90 valence electrons. The number of carbonyl (C=O) groups is 1. The van der Waals surface area contributed by atoms with Gasteiger partial charge in [-0.3, -0.25) is 4.79 Å². The maximum absolute atomic E-state index is 11.9. The number of fused-ring (bicyclic) bond motifs is 1. The summed E-state index contributed by atoms with van der Waals surface area (Å²) in [5, 5.41) is 0. The average Bonchev–Trinajstić information content (AvgIpc) is 2.89. The average molecular weight is 257 g/mol. The number of rotatable bonds is 2. The molecule has 0 N–H and O–H groups in total. The molecule has 0 saturated carbocycles. The van der Waals surface area contributed by atoms with Gasteiger partial charge in [0, 0.05) is 30.0 Å². The molecular formula is C12H19NOS2. The van der Waals surface area contributed by atoms with Crippen molar-refractivity contribution in [3.8, 4) is 0 Å². The highest BCUT2D eigenvalue weighted by molar-refractivity contribution is 8.21. The van der Waals surface area contributed by atoms with E-state index in [0.717, 1.165) is 12.8 Å². The molecule has 0 aromatic heterocycles. The molecule has 2 unspecified atom stereocenters. The van der Waals surface area contributed by atoms with Gasteiger partial charge in [-0.2, -0.15) is 0 Å². The summed E-state index contributed by atoms with van der Waals surface area (Å²) in [6.07, 6.45) is 5.62. The van der Waals surface area contributed by atoms with Crippen LogP contribution < -0.4 is 0 Å². The molecular weight excluding hydrogens is 238 g/mol. The Morgan fingerprint density at radius 1 is 1.31 bits per heavy atom. The predicted molar refractivity (Wildman–Crippen MR) is 70.8 cm³/mol. The van der Waals surface area contributed by atoms with E-state index in [-0.39, 0.29) is 0 Å². The van der Waals surface area contributed by atoms with Crippen molar-refractivity contribution in [3.05, 3.63) is 0 Å². The van der Waals surface area contributed by atoms with Crippen LogP contribution in [0.4, 0.5) is 0 Å². The predicted octanol–water partition coefficient (Wildman–Crippen LogP) is 2.73. The van der Waals surface area contributed by atoms with Gasteiger partial charge in [0.05, 0.1) is 4.08 Å². The van der Waals surface area contributed by atoms with E-state index in [2.05, 4.69) is 35.3 Å². The van der Waals surface area contributed by atoms with Gasteiger partial charge >= 0.3 is 0 Å². The number of amides is 1. The van der Waals surface area contributed by atoms with Gasteiger partial charge in [-0.25, -0.2) is 0 Å². The fourth-order valence-electron chi connectivity index (χ4n) is 3.37. The van der Waals surface area contributed by atoms with Gasteiger partial charge in [0.25, 0.3) is 0 Å². The van der Waals surface area contributed by atoms with Crippen LogP contribution in [0.25, 0.3) is 0 Å². The zero-order chi connectivity index (χ0) is 11.2. The van der Waals surface area contributed by atoms with Crippen LogP contribution in [0.3, 0.4) is 0 Å². The maximum atomic E-state index is 11.9. The third-order valence-electron chi connectivity index (χ3n) is 4.10. The van der Waals surface area contributed by atoms with Crippen LogP contribution in [0, 0.1) is 0 Å². The van der Waals surface area contributed by atoms with Crippen LogP contribution in [-0.2, 0) is 4.79 Å². The Morgan fingerprint density at radius 3 is 2.81 bits per heavy atom. The summed E-state index contributed by atoms with van der Waals surface area (Å²) in [6.45, 7) is 2.36. The molecule has 0 spiro atoms. The highest BCUT2D eigenvalue weighted by Crippen LogP contribution is 2.49. The Balaban J connectivity index is 1.69. The van der Waals surface area contributed by atoms with Crippen molar-refractivity contribution in [2.24, 2.45) is 0 Å². The summed E-state index contributed by atoms with van der Waals surface area (Å²) < 4.78 is 0.377. The highest BCUT2D eigenvalue weighted by Gasteiger charge is 2.44. The lowest BCUT2D eigenvalue weighted by Crippen LogP contribution is -2.38. The number of thioether (sulfide) groups is 2. The number of hydrogen-bond donors (Lipinski definition) is 0. The van der Waals surface area contributed by atoms with E-state index in [1.165, 1.54) is 30.8 Å². The van der Waals surface area contributed by atoms with Crippen molar-refractivity contribution >= 4 is 29.4 Å². The van der Waals surface area contributed by atoms with Crippen LogP contribution in [-0.4, -0.2) is 38.5 Å². The number of hydrogen-bond acceptors (Lipinski definition) is 3. The van der Waals surface area contributed by atoms with Crippen molar-refractivity contribution in [1.29, 1.82) is 0 Å². The summed E-state index contributed by atoms with van der Waals surface area (Å²) in [5.41, 5.74) is 0. The maximum Gasteiger partial charge on any atom is 0.223 e. The summed E-state index contributed by atoms with van der Waals surface area (Å²) >= 11 is 4.18. The van der Waals surface area contributed by atoms with Crippen LogP contribution in [0.15, 0.2) is 0 Å². The molecule has 1 amide bonds. The lowest BCUT2D eigenvalue weighted by molar-refractivity contribution is -0.129. The quantitative estimate of drug-likeness (QED) is 0.758. The molecule has 0 bridgehead atoms. The zero-order valence-electron chi connectivity index (χ0n) is 9.78. The molecule has 0 aromatic carbocycles. The molecule has 3 saturated heterocycles. The third-order valence-corrected chi connectivity index (χ3v) is 7.44. The largest absolute Gasteiger partial charge is 0.337 e. The van der Waals surface area contributed by atoms with E-state index in [4.69, 9.17) is 0 Å². The molecule has 16 heavy (non-hydrogen) atoms. The second-order valence-corrected chi connectivity index (χ2v) is 8.71. The fourth-order valence-corrected chi connectivity index (χ4v) is 6.36. The van der Waals surface area contributed by atoms with E-state index in [0.29, 0.717) is 22.1 Å². The van der Waals surface area contributed by atoms with Gasteiger partial charge < -0.3 is 4.90 Å². The third kappa shape index (κ3) is 1.88. The first kappa shape index (κ1) is 11.3. The fraction of sp³-hybridized carbons (Fsp3) is 0.917. The van der Waals surface area contributed by atoms with Crippen molar-refractivity contribution in [3.63, 3.8) is 0 Å². The second-order valence-electron chi connectivity index (χ2n) is 5.26. The molecule has 0 aliphatic carbocycles. The van der Waals surface area contributed by atoms with Crippen molar-refractivity contribution in [2.75, 3.05) is 11.5 Å². The summed E-state index contributed by atoms with van der Waals surface area (Å²) in [7, 11) is 0. The standard InChI is InChI=1S/C12H19NOS2/c1-12(15-6-7-16-12)8-10-3-2-9-4-5-11(14)13(9)10/h9-10H,2-8H2,1H3. The lowest BCUT2D eigenvalue weighted by Gasteiger charge is -2.31. The van der Waals surface area contributed by atoms with E-state index >= 15 is 0 Å². The second kappa shape index (κ2) is 4.13. The van der Waals surface area contributed by atoms with Gasteiger partial charge in [0.2, 0.25) is 5.91 Å². The molecule has 3 aliphatic heterocycles. The molecule has 0 radical (unpaired) electrons. The zero-order valence-corrected chi connectivity index (χ0v) is 11.4. The van der Waals surface area contributed by atoms with E-state index < -0.39 is 0 Å². The molecule has 4 heteroatoms. The monoisotopic (exact) mass is 257 g/mol. The van der Waals surface area contributed by atoms with Crippen LogP contribution in [0.1, 0.15) is 39.0 Å². The summed E-state index contributed by atoms with van der Waals surface area (Å²) in [4.78, 5) is 14.1. The Kier molecular flexibility index (Phi) is 2.91. The molecule has 2 nitrogen and oxygen atoms in total. The summed E-state index contributed by atoms with van der Waals surface area (Å²) in [6, 6.07) is 1.14. The van der Waals surface area contributed by atoms with E-state index in [1.807, 2.05) is 0 Å². The van der Waals surface area contributed by atoms with Crippen LogP contribution >= 0.6 is 23.5 Å². The normalized spacial score (nSPS) is 37.1. The Hall–Kier alpha value is 0.170. The van der Waals surface area contributed by atoms with Crippen molar-refractivity contribution < 1.29 is 4.79 Å². The lowest BCUT2D eigenvalue weighted by atomic mass is 10.1. The molecule has 3 rings (SSSR count). The first-order valence-electron chi connectivity index (χ1n) is 6.27. The molecule has 3 heterocycles. The van der Waals surface area contributed by atoms with Gasteiger partial charge in [0.1, 0.15) is 0 Å². The van der Waals surface area contributed by atoms with Crippen LogP contribution in [0.2, 0.25) is 0 Å². The first-order valence-corrected chi connectivity index (χ1v) is 8.24. The Morgan fingerprint density at radius 2 is 2.06 bits per heavy atom. The van der Waals surface area contributed by atoms with E-state index in [1.54, 1.807) is 0 Å². The highest BCUT2D eigenvalue weighted by atomic mass is 32.2. The smallest absolute Gasteiger partial charge is 0.223 e. The molecule has 3 fully saturated rings. The van der Waals surface area contributed by atoms with Gasteiger partial charge in [0.15, 0.2) is 0 Å². The minimum atomic E-state index is 0.377. The first-order chi connectivity index (χ1) is 7.68. The molecule has 3 aliphatic rings. The van der Waals surface area contributed by atoms with Crippen molar-refractivity contribution in [2.45, 2.75) is 55.2 Å². The molecule has 0 aromatic rings. The van der Waals surface area contributed by atoms with Gasteiger partial charge in [-0.05, 0) is 32.6 Å². The van der Waals surface area contributed by atoms with E-state index in [9.17, 15) is 4.79 Å². The SMILES string of the molecule is CC1(CC2CCC3CCC(=O)N32)SCCS1. The Bertz CT molecular complexity index is 301. The number of carbonyl (C=O) groups excluding carboxylic acids is 1. The Labute approximate surface area is 106 Å². The number of nitrogens with zero attached hydrogens (tertiary/aromatic N) is 1. The minimum absolute atomic E-state index is 0.377. The molecule has 2 atom stereocenters. The van der Waals surface area contributed by atoms with Crippen LogP contribution in [0.5, 0.6) is 0 Å².